The van der Waals surface area contributed by atoms with Crippen LogP contribution in [0.2, 0.25) is 0 Å². The van der Waals surface area contributed by atoms with E-state index in [1.807, 2.05) is 23.1 Å². The summed E-state index contributed by atoms with van der Waals surface area (Å²) >= 11 is 0. The Labute approximate surface area is 141 Å². The third-order valence-electron chi connectivity index (χ3n) is 5.93. The zero-order valence-electron chi connectivity index (χ0n) is 13.7. The van der Waals surface area contributed by atoms with Gasteiger partial charge in [-0.2, -0.15) is 5.10 Å². The van der Waals surface area contributed by atoms with Crippen molar-refractivity contribution in [2.24, 2.45) is 5.41 Å². The summed E-state index contributed by atoms with van der Waals surface area (Å²) in [5.41, 5.74) is 5.43. The van der Waals surface area contributed by atoms with Gasteiger partial charge in [0.05, 0.1) is 11.7 Å². The van der Waals surface area contributed by atoms with Gasteiger partial charge < -0.3 is 5.32 Å². The van der Waals surface area contributed by atoms with Gasteiger partial charge in [-0.05, 0) is 54.7 Å². The Morgan fingerprint density at radius 3 is 2.54 bits per heavy atom. The van der Waals surface area contributed by atoms with Crippen LogP contribution in [0.3, 0.4) is 0 Å². The Kier molecular flexibility index (Phi) is 3.16. The van der Waals surface area contributed by atoms with Gasteiger partial charge in [0.25, 0.3) is 0 Å². The molecule has 0 bridgehead atoms. The lowest BCUT2D eigenvalue weighted by atomic mass is 9.66. The number of fused-ring (bicyclic) bond motifs is 1. The minimum Gasteiger partial charge on any atom is -0.316 e. The van der Waals surface area contributed by atoms with Crippen LogP contribution in [0.1, 0.15) is 37.2 Å². The first-order valence-corrected chi connectivity index (χ1v) is 8.76. The molecule has 2 aliphatic rings. The van der Waals surface area contributed by atoms with Gasteiger partial charge in [0.1, 0.15) is 6.33 Å². The van der Waals surface area contributed by atoms with Crippen molar-refractivity contribution in [1.82, 2.24) is 24.9 Å². The molecule has 1 saturated heterocycles. The predicted octanol–water partition coefficient (Wildman–Crippen LogP) is 3.04. The molecule has 4 heterocycles. The van der Waals surface area contributed by atoms with Crippen molar-refractivity contribution >= 4 is 5.52 Å². The first-order chi connectivity index (χ1) is 11.8. The zero-order valence-corrected chi connectivity index (χ0v) is 13.7. The first kappa shape index (κ1) is 14.1. The molecule has 3 aromatic heterocycles. The summed E-state index contributed by atoms with van der Waals surface area (Å²) in [7, 11) is 0. The van der Waals surface area contributed by atoms with Gasteiger partial charge in [0.15, 0.2) is 0 Å². The third kappa shape index (κ3) is 2.23. The highest BCUT2D eigenvalue weighted by Gasteiger charge is 2.40. The number of nitrogens with one attached hydrogen (secondary N) is 1. The molecule has 0 unspecified atom stereocenters. The number of hydrogen-bond donors (Lipinski definition) is 1. The number of rotatable bonds is 2. The molecule has 24 heavy (non-hydrogen) atoms. The highest BCUT2D eigenvalue weighted by molar-refractivity contribution is 5.69. The van der Waals surface area contributed by atoms with Gasteiger partial charge in [0.2, 0.25) is 0 Å². The molecule has 0 atom stereocenters. The molecule has 0 aromatic carbocycles. The SMILES string of the molecule is c1ncc(-c2ccn3ncc(C4CCC5(CC4)CNC5)c3c2)cn1. The molecular formula is C19H21N5. The highest BCUT2D eigenvalue weighted by atomic mass is 15.2. The molecule has 5 heteroatoms. The van der Waals surface area contributed by atoms with Gasteiger partial charge in [-0.25, -0.2) is 14.5 Å². The Morgan fingerprint density at radius 2 is 1.83 bits per heavy atom. The van der Waals surface area contributed by atoms with Gasteiger partial charge in [-0.3, -0.25) is 0 Å². The summed E-state index contributed by atoms with van der Waals surface area (Å²) < 4.78 is 2.00. The summed E-state index contributed by atoms with van der Waals surface area (Å²) in [4.78, 5) is 8.27. The van der Waals surface area contributed by atoms with Crippen LogP contribution in [0.25, 0.3) is 16.6 Å². The Morgan fingerprint density at radius 1 is 1.04 bits per heavy atom. The molecule has 1 N–H and O–H groups in total. The van der Waals surface area contributed by atoms with E-state index >= 15 is 0 Å². The lowest BCUT2D eigenvalue weighted by Gasteiger charge is -2.47. The Balaban J connectivity index is 1.48. The van der Waals surface area contributed by atoms with E-state index in [1.54, 1.807) is 6.33 Å². The van der Waals surface area contributed by atoms with Crippen LogP contribution in [-0.2, 0) is 0 Å². The van der Waals surface area contributed by atoms with Crippen molar-refractivity contribution in [2.75, 3.05) is 13.1 Å². The molecule has 1 aliphatic heterocycles. The highest BCUT2D eigenvalue weighted by Crippen LogP contribution is 2.46. The van der Waals surface area contributed by atoms with Crippen LogP contribution in [0.15, 0.2) is 43.2 Å². The second-order valence-corrected chi connectivity index (χ2v) is 7.35. The average molecular weight is 319 g/mol. The molecular weight excluding hydrogens is 298 g/mol. The molecule has 2 fully saturated rings. The van der Waals surface area contributed by atoms with Crippen molar-refractivity contribution in [3.05, 3.63) is 48.8 Å². The molecule has 0 radical (unpaired) electrons. The Hall–Kier alpha value is -2.27. The summed E-state index contributed by atoms with van der Waals surface area (Å²) in [6.07, 6.45) is 14.7. The average Bonchev–Trinajstić information content (AvgIpc) is 3.04. The van der Waals surface area contributed by atoms with Crippen LogP contribution >= 0.6 is 0 Å². The fourth-order valence-corrected chi connectivity index (χ4v) is 4.32. The van der Waals surface area contributed by atoms with E-state index in [1.165, 1.54) is 49.9 Å². The van der Waals surface area contributed by atoms with Crippen LogP contribution in [0.5, 0.6) is 0 Å². The standard InChI is InChI=1S/C19H21N5/c1-4-19(11-22-12-19)5-2-14(1)17-10-23-24-6-3-15(7-18(17)24)16-8-20-13-21-9-16/h3,6-10,13-14,22H,1-2,4-5,11-12H2. The monoisotopic (exact) mass is 319 g/mol. The van der Waals surface area contributed by atoms with Crippen LogP contribution in [0, 0.1) is 5.41 Å². The molecule has 0 amide bonds. The lowest BCUT2D eigenvalue weighted by molar-refractivity contribution is 0.0977. The van der Waals surface area contributed by atoms with Crippen molar-refractivity contribution < 1.29 is 0 Å². The van der Waals surface area contributed by atoms with E-state index < -0.39 is 0 Å². The molecule has 3 aromatic rings. The second kappa shape index (κ2) is 5.38. The largest absolute Gasteiger partial charge is 0.316 e. The van der Waals surface area contributed by atoms with E-state index in [-0.39, 0.29) is 0 Å². The van der Waals surface area contributed by atoms with E-state index in [2.05, 4.69) is 38.7 Å². The summed E-state index contributed by atoms with van der Waals surface area (Å²) in [6.45, 7) is 2.43. The third-order valence-corrected chi connectivity index (χ3v) is 5.93. The van der Waals surface area contributed by atoms with Crippen molar-refractivity contribution in [3.63, 3.8) is 0 Å². The lowest BCUT2D eigenvalue weighted by Crippen LogP contribution is -2.54. The molecule has 1 aliphatic carbocycles. The predicted molar refractivity (Wildman–Crippen MR) is 92.7 cm³/mol. The smallest absolute Gasteiger partial charge is 0.115 e. The van der Waals surface area contributed by atoms with Gasteiger partial charge >= 0.3 is 0 Å². The molecule has 122 valence electrons. The maximum Gasteiger partial charge on any atom is 0.115 e. The van der Waals surface area contributed by atoms with Crippen LogP contribution < -0.4 is 5.32 Å². The summed E-state index contributed by atoms with van der Waals surface area (Å²) in [5, 5.41) is 8.02. The van der Waals surface area contributed by atoms with Crippen molar-refractivity contribution in [2.45, 2.75) is 31.6 Å². The van der Waals surface area contributed by atoms with E-state index in [9.17, 15) is 0 Å². The van der Waals surface area contributed by atoms with Crippen LogP contribution in [0.4, 0.5) is 0 Å². The summed E-state index contributed by atoms with van der Waals surface area (Å²) in [5.74, 6) is 0.635. The van der Waals surface area contributed by atoms with Gasteiger partial charge in [-0.1, -0.05) is 0 Å². The minimum absolute atomic E-state index is 0.603. The van der Waals surface area contributed by atoms with E-state index in [4.69, 9.17) is 0 Å². The summed E-state index contributed by atoms with van der Waals surface area (Å²) in [6, 6.07) is 4.31. The zero-order chi connectivity index (χ0) is 16.0. The van der Waals surface area contributed by atoms with Gasteiger partial charge in [0, 0.05) is 42.8 Å². The molecule has 5 rings (SSSR count). The fraction of sp³-hybridized carbons (Fsp3) is 0.421. The number of nitrogens with zero attached hydrogens (tertiary/aromatic N) is 4. The maximum atomic E-state index is 4.57. The maximum absolute atomic E-state index is 4.57. The molecule has 1 spiro atoms. The number of aromatic nitrogens is 4. The number of pyridine rings is 1. The number of hydrogen-bond acceptors (Lipinski definition) is 4. The van der Waals surface area contributed by atoms with Gasteiger partial charge in [-0.15, -0.1) is 0 Å². The minimum atomic E-state index is 0.603. The normalized spacial score (nSPS) is 20.3. The topological polar surface area (TPSA) is 55.1 Å². The van der Waals surface area contributed by atoms with Crippen molar-refractivity contribution in [3.8, 4) is 11.1 Å². The van der Waals surface area contributed by atoms with E-state index in [0.29, 0.717) is 11.3 Å². The fourth-order valence-electron chi connectivity index (χ4n) is 4.32. The quantitative estimate of drug-likeness (QED) is 0.789. The first-order valence-electron chi connectivity index (χ1n) is 8.76. The Bertz CT molecular complexity index is 856. The molecule has 5 nitrogen and oxygen atoms in total. The molecule has 1 saturated carbocycles. The van der Waals surface area contributed by atoms with Crippen molar-refractivity contribution in [1.29, 1.82) is 0 Å². The van der Waals surface area contributed by atoms with Crippen LogP contribution in [-0.4, -0.2) is 32.7 Å². The van der Waals surface area contributed by atoms with E-state index in [0.717, 1.165) is 11.1 Å². The second-order valence-electron chi connectivity index (χ2n) is 7.35.